The van der Waals surface area contributed by atoms with E-state index in [1.807, 2.05) is 6.92 Å². The number of aromatic nitrogens is 1. The van der Waals surface area contributed by atoms with Crippen molar-refractivity contribution in [3.05, 3.63) is 0 Å². The summed E-state index contributed by atoms with van der Waals surface area (Å²) in [5.74, 6) is 0.358. The summed E-state index contributed by atoms with van der Waals surface area (Å²) < 4.78 is 32.7. The molecule has 8 heteroatoms. The van der Waals surface area contributed by atoms with Gasteiger partial charge in [0.2, 0.25) is 0 Å². The van der Waals surface area contributed by atoms with Gasteiger partial charge in [-0.05, 0) is 17.5 Å². The highest BCUT2D eigenvalue weighted by Gasteiger charge is 2.23. The molecule has 18 heavy (non-hydrogen) atoms. The van der Waals surface area contributed by atoms with E-state index < -0.39 is 9.84 Å². The number of nitrogens with two attached hydrogens (primary N) is 1. The van der Waals surface area contributed by atoms with Gasteiger partial charge in [-0.25, -0.2) is 8.42 Å². The van der Waals surface area contributed by atoms with Gasteiger partial charge in [-0.15, -0.1) is 0 Å². The van der Waals surface area contributed by atoms with Crippen LogP contribution in [0.2, 0.25) is 0 Å². The predicted molar refractivity (Wildman–Crippen MR) is 73.8 cm³/mol. The molecule has 0 aliphatic carbocycles. The first-order valence-corrected chi connectivity index (χ1v) is 8.05. The van der Waals surface area contributed by atoms with Crippen molar-refractivity contribution >= 4 is 32.2 Å². The van der Waals surface area contributed by atoms with E-state index in [0.29, 0.717) is 18.2 Å². The van der Waals surface area contributed by atoms with Gasteiger partial charge in [0, 0.05) is 13.7 Å². The first-order chi connectivity index (χ1) is 8.42. The Bertz CT molecular complexity index is 485. The Morgan fingerprint density at radius 3 is 2.78 bits per heavy atom. The van der Waals surface area contributed by atoms with Crippen LogP contribution in [0.25, 0.3) is 0 Å². The molecule has 0 aromatic carbocycles. The lowest BCUT2D eigenvalue weighted by Crippen LogP contribution is -2.17. The molecule has 104 valence electrons. The highest BCUT2D eigenvalue weighted by atomic mass is 32.2. The van der Waals surface area contributed by atoms with Crippen LogP contribution in [0.4, 0.5) is 10.8 Å². The number of nitrogens with zero attached hydrogens (tertiary/aromatic N) is 1. The van der Waals surface area contributed by atoms with Gasteiger partial charge in [0.25, 0.3) is 0 Å². The van der Waals surface area contributed by atoms with Crippen LogP contribution in [0, 0.1) is 5.92 Å². The molecule has 1 heterocycles. The van der Waals surface area contributed by atoms with Crippen LogP contribution in [0.5, 0.6) is 0 Å². The van der Waals surface area contributed by atoms with Gasteiger partial charge in [-0.3, -0.25) is 0 Å². The number of hydrogen-bond donors (Lipinski definition) is 2. The molecule has 0 saturated heterocycles. The summed E-state index contributed by atoms with van der Waals surface area (Å²) in [4.78, 5) is 0.125. The van der Waals surface area contributed by atoms with Crippen molar-refractivity contribution in [3.63, 3.8) is 0 Å². The minimum absolute atomic E-state index is 0.0118. The third-order valence-corrected chi connectivity index (χ3v) is 5.17. The van der Waals surface area contributed by atoms with E-state index in [1.54, 1.807) is 14.0 Å². The fourth-order valence-corrected chi connectivity index (χ4v) is 3.64. The fraction of sp³-hybridized carbons (Fsp3) is 0.700. The van der Waals surface area contributed by atoms with E-state index in [2.05, 4.69) is 9.69 Å². The van der Waals surface area contributed by atoms with E-state index >= 15 is 0 Å². The summed E-state index contributed by atoms with van der Waals surface area (Å²) >= 11 is 1.07. The maximum absolute atomic E-state index is 11.9. The van der Waals surface area contributed by atoms with Crippen LogP contribution in [0.1, 0.15) is 13.8 Å². The van der Waals surface area contributed by atoms with Gasteiger partial charge < -0.3 is 15.8 Å². The Labute approximate surface area is 112 Å². The monoisotopic (exact) mass is 293 g/mol. The van der Waals surface area contributed by atoms with Gasteiger partial charge in [-0.2, -0.15) is 4.37 Å². The zero-order chi connectivity index (χ0) is 13.8. The molecule has 6 nitrogen and oxygen atoms in total. The van der Waals surface area contributed by atoms with Crippen molar-refractivity contribution in [2.75, 3.05) is 37.1 Å². The van der Waals surface area contributed by atoms with Gasteiger partial charge in [0.1, 0.15) is 9.90 Å². The van der Waals surface area contributed by atoms with E-state index in [-0.39, 0.29) is 22.4 Å². The largest absolute Gasteiger partial charge is 0.384 e. The number of anilines is 2. The van der Waals surface area contributed by atoms with Crippen molar-refractivity contribution in [1.29, 1.82) is 0 Å². The normalized spacial score (nSPS) is 13.5. The number of ether oxygens (including phenoxy) is 1. The van der Waals surface area contributed by atoms with Crippen molar-refractivity contribution in [3.8, 4) is 0 Å². The zero-order valence-electron chi connectivity index (χ0n) is 10.8. The standard InChI is InChI=1S/C10H19N3O3S2/c1-4-18(14,15)8-9(11)13-17-10(8)12-5-7(2)6-16-3/h7,12H,4-6H2,1-3H3,(H2,11,13). The Morgan fingerprint density at radius 2 is 2.22 bits per heavy atom. The van der Waals surface area contributed by atoms with E-state index in [9.17, 15) is 8.42 Å². The molecule has 0 amide bonds. The quantitative estimate of drug-likeness (QED) is 0.785. The smallest absolute Gasteiger partial charge is 0.184 e. The minimum atomic E-state index is -3.35. The first kappa shape index (κ1) is 15.2. The number of sulfone groups is 1. The summed E-state index contributed by atoms with van der Waals surface area (Å²) in [5.41, 5.74) is 5.62. The van der Waals surface area contributed by atoms with Crippen LogP contribution in [0.3, 0.4) is 0 Å². The van der Waals surface area contributed by atoms with Crippen LogP contribution < -0.4 is 11.1 Å². The SMILES string of the molecule is CCS(=O)(=O)c1c(N)nsc1NCC(C)COC. The van der Waals surface area contributed by atoms with Crippen LogP contribution >= 0.6 is 11.5 Å². The first-order valence-electron chi connectivity index (χ1n) is 5.63. The molecule has 0 fully saturated rings. The van der Waals surface area contributed by atoms with Crippen LogP contribution in [-0.2, 0) is 14.6 Å². The molecule has 0 radical (unpaired) electrons. The molecule has 0 saturated carbocycles. The molecule has 0 aliphatic rings. The van der Waals surface area contributed by atoms with Gasteiger partial charge in [0.05, 0.1) is 12.4 Å². The number of methoxy groups -OCH3 is 1. The summed E-state index contributed by atoms with van der Waals surface area (Å²) in [6.07, 6.45) is 0. The number of nitrogens with one attached hydrogen (secondary N) is 1. The molecule has 3 N–H and O–H groups in total. The lowest BCUT2D eigenvalue weighted by molar-refractivity contribution is 0.164. The second kappa shape index (κ2) is 6.35. The summed E-state index contributed by atoms with van der Waals surface area (Å²) in [6.45, 7) is 4.82. The Balaban J connectivity index is 2.85. The van der Waals surface area contributed by atoms with E-state index in [4.69, 9.17) is 10.5 Å². The molecule has 1 aromatic rings. The molecule has 1 aromatic heterocycles. The second-order valence-electron chi connectivity index (χ2n) is 4.07. The maximum atomic E-state index is 11.9. The molecule has 1 atom stereocenters. The Hall–Kier alpha value is -0.860. The number of hydrogen-bond acceptors (Lipinski definition) is 7. The average Bonchev–Trinajstić information content (AvgIpc) is 2.69. The topological polar surface area (TPSA) is 94.3 Å². The third kappa shape index (κ3) is 3.56. The Kier molecular flexibility index (Phi) is 5.36. The maximum Gasteiger partial charge on any atom is 0.184 e. The van der Waals surface area contributed by atoms with Crippen LogP contribution in [0.15, 0.2) is 4.90 Å². The van der Waals surface area contributed by atoms with E-state index in [0.717, 1.165) is 11.5 Å². The predicted octanol–water partition coefficient (Wildman–Crippen LogP) is 1.21. The lowest BCUT2D eigenvalue weighted by Gasteiger charge is -2.12. The lowest BCUT2D eigenvalue weighted by atomic mass is 10.2. The van der Waals surface area contributed by atoms with Crippen LogP contribution in [-0.4, -0.2) is 38.8 Å². The van der Waals surface area contributed by atoms with Gasteiger partial charge >= 0.3 is 0 Å². The molecule has 0 bridgehead atoms. The third-order valence-electron chi connectivity index (χ3n) is 2.43. The zero-order valence-corrected chi connectivity index (χ0v) is 12.4. The van der Waals surface area contributed by atoms with Crippen molar-refractivity contribution in [2.24, 2.45) is 5.92 Å². The molecule has 1 unspecified atom stereocenters. The van der Waals surface area contributed by atoms with Crippen molar-refractivity contribution < 1.29 is 13.2 Å². The minimum Gasteiger partial charge on any atom is -0.384 e. The molecule has 0 spiro atoms. The number of rotatable bonds is 7. The molecule has 0 aliphatic heterocycles. The number of nitrogen functional groups attached to an aromatic ring is 1. The van der Waals surface area contributed by atoms with Crippen molar-refractivity contribution in [2.45, 2.75) is 18.7 Å². The van der Waals surface area contributed by atoms with E-state index in [1.165, 1.54) is 0 Å². The van der Waals surface area contributed by atoms with Crippen molar-refractivity contribution in [1.82, 2.24) is 4.37 Å². The Morgan fingerprint density at radius 1 is 1.56 bits per heavy atom. The molecule has 1 rings (SSSR count). The second-order valence-corrected chi connectivity index (χ2v) is 7.06. The summed E-state index contributed by atoms with van der Waals surface area (Å²) in [6, 6.07) is 0. The van der Waals surface area contributed by atoms with Gasteiger partial charge in [0.15, 0.2) is 15.7 Å². The van der Waals surface area contributed by atoms with Gasteiger partial charge in [-0.1, -0.05) is 13.8 Å². The molecular weight excluding hydrogens is 274 g/mol. The summed E-state index contributed by atoms with van der Waals surface area (Å²) in [5, 5.41) is 3.59. The summed E-state index contributed by atoms with van der Waals surface area (Å²) in [7, 11) is -1.71. The highest BCUT2D eigenvalue weighted by molar-refractivity contribution is 7.91. The molecular formula is C10H19N3O3S2. The average molecular weight is 293 g/mol. The fourth-order valence-electron chi connectivity index (χ4n) is 1.46. The highest BCUT2D eigenvalue weighted by Crippen LogP contribution is 2.32.